The molecule has 0 bridgehead atoms. The molecule has 0 radical (unpaired) electrons. The van der Waals surface area contributed by atoms with Crippen molar-refractivity contribution in [1.29, 1.82) is 0 Å². The maximum Gasteiger partial charge on any atom is 0.315 e. The number of nitrogens with one attached hydrogen (secondary N) is 1. The first-order valence-electron chi connectivity index (χ1n) is 8.47. The fourth-order valence-electron chi connectivity index (χ4n) is 2.77. The van der Waals surface area contributed by atoms with E-state index in [0.717, 1.165) is 6.42 Å². The zero-order chi connectivity index (χ0) is 18.6. The molecule has 0 fully saturated rings. The molecule has 6 nitrogen and oxygen atoms in total. The van der Waals surface area contributed by atoms with Crippen molar-refractivity contribution in [3.8, 4) is 11.5 Å². The van der Waals surface area contributed by atoms with Crippen molar-refractivity contribution >= 4 is 11.9 Å². The quantitative estimate of drug-likeness (QED) is 0.861. The number of fused-ring (bicyclic) bond motifs is 1. The molecule has 0 saturated heterocycles. The van der Waals surface area contributed by atoms with Gasteiger partial charge in [0.25, 0.3) is 5.91 Å². The second-order valence-electron chi connectivity index (χ2n) is 6.40. The van der Waals surface area contributed by atoms with Crippen LogP contribution in [-0.2, 0) is 10.2 Å². The molecule has 2 aromatic carbocycles. The summed E-state index contributed by atoms with van der Waals surface area (Å²) in [7, 11) is 0. The van der Waals surface area contributed by atoms with E-state index in [9.17, 15) is 14.7 Å². The van der Waals surface area contributed by atoms with Gasteiger partial charge in [-0.2, -0.15) is 0 Å². The molecule has 1 heterocycles. The predicted molar refractivity (Wildman–Crippen MR) is 95.8 cm³/mol. The van der Waals surface area contributed by atoms with Gasteiger partial charge in [-0.1, -0.05) is 30.3 Å². The lowest BCUT2D eigenvalue weighted by molar-refractivity contribution is -0.142. The maximum atomic E-state index is 12.5. The standard InChI is InChI=1S/C20H21NO5/c1-20(19(23)24,15-6-3-2-4-7-15)13-21-18(22)14-8-9-16-17(12-14)26-11-5-10-25-16/h2-4,6-9,12H,5,10-11,13H2,1H3,(H,21,22)(H,23,24). The molecular weight excluding hydrogens is 334 g/mol. The lowest BCUT2D eigenvalue weighted by Crippen LogP contribution is -2.44. The van der Waals surface area contributed by atoms with Crippen molar-refractivity contribution in [2.24, 2.45) is 0 Å². The lowest BCUT2D eigenvalue weighted by Gasteiger charge is -2.25. The average molecular weight is 355 g/mol. The van der Waals surface area contributed by atoms with Gasteiger partial charge >= 0.3 is 5.97 Å². The first-order valence-corrected chi connectivity index (χ1v) is 8.47. The molecule has 26 heavy (non-hydrogen) atoms. The van der Waals surface area contributed by atoms with Crippen molar-refractivity contribution in [1.82, 2.24) is 5.32 Å². The van der Waals surface area contributed by atoms with Crippen LogP contribution >= 0.6 is 0 Å². The molecule has 0 aliphatic carbocycles. The van der Waals surface area contributed by atoms with Crippen LogP contribution in [0.4, 0.5) is 0 Å². The van der Waals surface area contributed by atoms with Gasteiger partial charge < -0.3 is 19.9 Å². The highest BCUT2D eigenvalue weighted by atomic mass is 16.5. The molecule has 1 aliphatic rings. The van der Waals surface area contributed by atoms with Gasteiger partial charge in [-0.15, -0.1) is 0 Å². The number of carbonyl (C=O) groups is 2. The van der Waals surface area contributed by atoms with Gasteiger partial charge in [0.2, 0.25) is 0 Å². The summed E-state index contributed by atoms with van der Waals surface area (Å²) in [6.07, 6.45) is 0.782. The summed E-state index contributed by atoms with van der Waals surface area (Å²) in [5.41, 5.74) is -0.191. The van der Waals surface area contributed by atoms with E-state index >= 15 is 0 Å². The molecule has 1 aliphatic heterocycles. The van der Waals surface area contributed by atoms with Gasteiger partial charge in [0, 0.05) is 18.5 Å². The summed E-state index contributed by atoms with van der Waals surface area (Å²) in [6.45, 7) is 2.67. The Hall–Kier alpha value is -3.02. The van der Waals surface area contributed by atoms with Crippen LogP contribution in [0.1, 0.15) is 29.3 Å². The van der Waals surface area contributed by atoms with Crippen LogP contribution in [0.25, 0.3) is 0 Å². The van der Waals surface area contributed by atoms with E-state index in [1.165, 1.54) is 0 Å². The lowest BCUT2D eigenvalue weighted by atomic mass is 9.82. The number of hydrogen-bond donors (Lipinski definition) is 2. The molecule has 3 rings (SSSR count). The molecule has 0 aromatic heterocycles. The summed E-state index contributed by atoms with van der Waals surface area (Å²) in [5.74, 6) is -0.218. The third-order valence-electron chi connectivity index (χ3n) is 4.50. The smallest absolute Gasteiger partial charge is 0.315 e. The van der Waals surface area contributed by atoms with Gasteiger partial charge in [-0.05, 0) is 30.7 Å². The highest BCUT2D eigenvalue weighted by molar-refractivity contribution is 5.95. The maximum absolute atomic E-state index is 12.5. The molecule has 0 saturated carbocycles. The number of ether oxygens (including phenoxy) is 2. The van der Waals surface area contributed by atoms with Crippen molar-refractivity contribution in [2.75, 3.05) is 19.8 Å². The summed E-state index contributed by atoms with van der Waals surface area (Å²) >= 11 is 0. The highest BCUT2D eigenvalue weighted by Gasteiger charge is 2.35. The van der Waals surface area contributed by atoms with Crippen molar-refractivity contribution in [3.05, 3.63) is 59.7 Å². The Bertz CT molecular complexity index is 805. The number of aliphatic carboxylic acids is 1. The molecule has 0 spiro atoms. The molecule has 1 atom stereocenters. The molecule has 136 valence electrons. The molecule has 2 aromatic rings. The monoisotopic (exact) mass is 355 g/mol. The normalized spacial score (nSPS) is 15.4. The number of carbonyl (C=O) groups excluding carboxylic acids is 1. The molecule has 1 unspecified atom stereocenters. The minimum absolute atomic E-state index is 0.0282. The molecular formula is C20H21NO5. The topological polar surface area (TPSA) is 84.9 Å². The van der Waals surface area contributed by atoms with Crippen LogP contribution in [0, 0.1) is 0 Å². The third kappa shape index (κ3) is 3.64. The van der Waals surface area contributed by atoms with Gasteiger partial charge in [-0.3, -0.25) is 9.59 Å². The predicted octanol–water partition coefficient (Wildman–Crippen LogP) is 2.62. The second kappa shape index (κ2) is 7.47. The van der Waals surface area contributed by atoms with E-state index in [-0.39, 0.29) is 12.5 Å². The van der Waals surface area contributed by atoms with Crippen LogP contribution in [-0.4, -0.2) is 36.7 Å². The minimum Gasteiger partial charge on any atom is -0.490 e. The molecule has 6 heteroatoms. The van der Waals surface area contributed by atoms with Gasteiger partial charge in [-0.25, -0.2) is 0 Å². The van der Waals surface area contributed by atoms with Gasteiger partial charge in [0.15, 0.2) is 11.5 Å². The average Bonchev–Trinajstić information content (AvgIpc) is 2.91. The van der Waals surface area contributed by atoms with E-state index in [4.69, 9.17) is 9.47 Å². The Labute approximate surface area is 151 Å². The van der Waals surface area contributed by atoms with E-state index in [2.05, 4.69) is 5.32 Å². The first-order chi connectivity index (χ1) is 12.5. The second-order valence-corrected chi connectivity index (χ2v) is 6.40. The Morgan fingerprint density at radius 1 is 1.08 bits per heavy atom. The zero-order valence-corrected chi connectivity index (χ0v) is 14.5. The van der Waals surface area contributed by atoms with Crippen LogP contribution in [0.5, 0.6) is 11.5 Å². The number of benzene rings is 2. The van der Waals surface area contributed by atoms with Crippen LogP contribution < -0.4 is 14.8 Å². The van der Waals surface area contributed by atoms with Gasteiger partial charge in [0.1, 0.15) is 5.41 Å². The molecule has 2 N–H and O–H groups in total. The summed E-state index contributed by atoms with van der Waals surface area (Å²) < 4.78 is 11.1. The van der Waals surface area contributed by atoms with E-state index < -0.39 is 11.4 Å². The number of rotatable bonds is 5. The Morgan fingerprint density at radius 2 is 1.77 bits per heavy atom. The zero-order valence-electron chi connectivity index (χ0n) is 14.5. The Morgan fingerprint density at radius 3 is 2.46 bits per heavy atom. The first kappa shape index (κ1) is 17.8. The summed E-state index contributed by atoms with van der Waals surface area (Å²) in [5, 5.41) is 12.4. The minimum atomic E-state index is -1.22. The fraction of sp³-hybridized carbons (Fsp3) is 0.300. The SMILES string of the molecule is CC(CNC(=O)c1ccc2c(c1)OCCCO2)(C(=O)O)c1ccccc1. The van der Waals surface area contributed by atoms with Crippen LogP contribution in [0.2, 0.25) is 0 Å². The summed E-state index contributed by atoms with van der Waals surface area (Å²) in [6, 6.07) is 13.8. The van der Waals surface area contributed by atoms with Crippen LogP contribution in [0.3, 0.4) is 0 Å². The molecule has 1 amide bonds. The van der Waals surface area contributed by atoms with Crippen molar-refractivity contribution < 1.29 is 24.2 Å². The number of hydrogen-bond acceptors (Lipinski definition) is 4. The number of carboxylic acids is 1. The summed E-state index contributed by atoms with van der Waals surface area (Å²) in [4.78, 5) is 24.3. The van der Waals surface area contributed by atoms with Gasteiger partial charge in [0.05, 0.1) is 13.2 Å². The van der Waals surface area contributed by atoms with Crippen molar-refractivity contribution in [3.63, 3.8) is 0 Å². The Balaban J connectivity index is 1.75. The largest absolute Gasteiger partial charge is 0.490 e. The van der Waals surface area contributed by atoms with E-state index in [1.54, 1.807) is 49.4 Å². The Kier molecular flexibility index (Phi) is 5.11. The van der Waals surface area contributed by atoms with Crippen LogP contribution in [0.15, 0.2) is 48.5 Å². The number of amides is 1. The highest BCUT2D eigenvalue weighted by Crippen LogP contribution is 2.30. The van der Waals surface area contributed by atoms with E-state index in [1.807, 2.05) is 6.07 Å². The fourth-order valence-corrected chi connectivity index (χ4v) is 2.77. The van der Waals surface area contributed by atoms with Crippen molar-refractivity contribution in [2.45, 2.75) is 18.8 Å². The third-order valence-corrected chi connectivity index (χ3v) is 4.50. The van der Waals surface area contributed by atoms with E-state index in [0.29, 0.717) is 35.8 Å². The number of carboxylic acid groups (broad SMARTS) is 1.